The molecule has 1 heterocycles. The molecule has 0 fully saturated rings. The van der Waals surface area contributed by atoms with Crippen molar-refractivity contribution in [2.45, 2.75) is 26.1 Å². The number of aromatic nitrogens is 2. The molecule has 0 radical (unpaired) electrons. The van der Waals surface area contributed by atoms with E-state index in [-0.39, 0.29) is 6.54 Å². The highest BCUT2D eigenvalue weighted by atomic mass is 19.4. The lowest BCUT2D eigenvalue weighted by molar-refractivity contribution is -0.132. The van der Waals surface area contributed by atoms with E-state index in [1.165, 1.54) is 0 Å². The van der Waals surface area contributed by atoms with Crippen LogP contribution in [0.3, 0.4) is 0 Å². The fourth-order valence-corrected chi connectivity index (χ4v) is 1.36. The Kier molecular flexibility index (Phi) is 6.17. The quantitative estimate of drug-likeness (QED) is 0.610. The first-order valence-corrected chi connectivity index (χ1v) is 6.06. The van der Waals surface area contributed by atoms with Crippen LogP contribution < -0.4 is 10.6 Å². The fourth-order valence-electron chi connectivity index (χ4n) is 1.36. The van der Waals surface area contributed by atoms with Crippen molar-refractivity contribution in [1.29, 1.82) is 0 Å². The van der Waals surface area contributed by atoms with Crippen molar-refractivity contribution in [2.24, 2.45) is 4.99 Å². The third-order valence-electron chi connectivity index (χ3n) is 2.23. The van der Waals surface area contributed by atoms with Crippen molar-refractivity contribution < 1.29 is 13.2 Å². The number of nitrogens with zero attached hydrogens (tertiary/aromatic N) is 3. The van der Waals surface area contributed by atoms with Gasteiger partial charge in [-0.15, -0.1) is 0 Å². The fraction of sp³-hybridized carbons (Fsp3) is 0.636. The van der Waals surface area contributed by atoms with Gasteiger partial charge in [0.05, 0.1) is 19.3 Å². The Balaban J connectivity index is 2.32. The predicted octanol–water partition coefficient (Wildman–Crippen LogP) is 1.39. The van der Waals surface area contributed by atoms with Crippen LogP contribution in [-0.4, -0.2) is 41.3 Å². The van der Waals surface area contributed by atoms with Crippen molar-refractivity contribution >= 4 is 5.96 Å². The van der Waals surface area contributed by atoms with Crippen molar-refractivity contribution in [3.05, 3.63) is 18.7 Å². The Morgan fingerprint density at radius 1 is 1.37 bits per heavy atom. The first-order valence-electron chi connectivity index (χ1n) is 6.06. The number of nitrogens with one attached hydrogen (secondary N) is 2. The lowest BCUT2D eigenvalue weighted by Crippen LogP contribution is -2.39. The van der Waals surface area contributed by atoms with E-state index >= 15 is 0 Å². The maximum Gasteiger partial charge on any atom is 0.390 e. The maximum atomic E-state index is 12.0. The lowest BCUT2D eigenvalue weighted by Gasteiger charge is -2.12. The van der Waals surface area contributed by atoms with Gasteiger partial charge in [-0.1, -0.05) is 0 Å². The number of hydrogen-bond acceptors (Lipinski definition) is 2. The van der Waals surface area contributed by atoms with E-state index in [2.05, 4.69) is 20.6 Å². The van der Waals surface area contributed by atoms with E-state index in [0.29, 0.717) is 25.6 Å². The van der Waals surface area contributed by atoms with Crippen LogP contribution in [0.1, 0.15) is 13.3 Å². The lowest BCUT2D eigenvalue weighted by atomic mass is 10.4. The molecule has 0 atom stereocenters. The van der Waals surface area contributed by atoms with Crippen molar-refractivity contribution in [1.82, 2.24) is 20.2 Å². The summed E-state index contributed by atoms with van der Waals surface area (Å²) in [6.45, 7) is 3.42. The van der Waals surface area contributed by atoms with Gasteiger partial charge in [-0.05, 0) is 6.92 Å². The molecule has 1 aromatic heterocycles. The second kappa shape index (κ2) is 7.65. The number of rotatable bonds is 6. The first-order chi connectivity index (χ1) is 9.01. The van der Waals surface area contributed by atoms with Crippen LogP contribution in [0.15, 0.2) is 23.7 Å². The number of imidazole rings is 1. The molecule has 1 rings (SSSR count). The molecular weight excluding hydrogens is 259 g/mol. The Bertz CT molecular complexity index is 372. The minimum atomic E-state index is -4.17. The van der Waals surface area contributed by atoms with Gasteiger partial charge in [-0.2, -0.15) is 13.2 Å². The molecule has 0 aliphatic heterocycles. The molecule has 0 saturated heterocycles. The number of hydrogen-bond donors (Lipinski definition) is 2. The minimum absolute atomic E-state index is 0.274. The zero-order valence-electron chi connectivity index (χ0n) is 10.7. The molecule has 0 aliphatic carbocycles. The van der Waals surface area contributed by atoms with Crippen LogP contribution in [0.4, 0.5) is 13.2 Å². The van der Waals surface area contributed by atoms with E-state index in [0.717, 1.165) is 0 Å². The maximum absolute atomic E-state index is 12.0. The van der Waals surface area contributed by atoms with Gasteiger partial charge in [-0.25, -0.2) is 4.98 Å². The van der Waals surface area contributed by atoms with Gasteiger partial charge in [0, 0.05) is 32.0 Å². The molecule has 0 spiro atoms. The van der Waals surface area contributed by atoms with Gasteiger partial charge in [0.1, 0.15) is 0 Å². The van der Waals surface area contributed by atoms with Crippen LogP contribution in [0.5, 0.6) is 0 Å². The van der Waals surface area contributed by atoms with Gasteiger partial charge in [0.2, 0.25) is 0 Å². The molecular formula is C11H18F3N5. The molecule has 0 bridgehead atoms. The normalized spacial score (nSPS) is 12.5. The minimum Gasteiger partial charge on any atom is -0.357 e. The molecule has 19 heavy (non-hydrogen) atoms. The smallest absolute Gasteiger partial charge is 0.357 e. The van der Waals surface area contributed by atoms with E-state index in [1.807, 2.05) is 17.7 Å². The topological polar surface area (TPSA) is 54.2 Å². The van der Waals surface area contributed by atoms with Gasteiger partial charge < -0.3 is 15.2 Å². The highest BCUT2D eigenvalue weighted by molar-refractivity contribution is 5.79. The zero-order valence-corrected chi connectivity index (χ0v) is 10.7. The van der Waals surface area contributed by atoms with E-state index < -0.39 is 12.6 Å². The SMILES string of the molecule is CCNC(=NCCC(F)(F)F)NCCn1ccnc1. The Morgan fingerprint density at radius 3 is 2.74 bits per heavy atom. The van der Waals surface area contributed by atoms with Crippen LogP contribution in [0.25, 0.3) is 0 Å². The molecule has 1 aromatic rings. The van der Waals surface area contributed by atoms with Gasteiger partial charge >= 0.3 is 6.18 Å². The summed E-state index contributed by atoms with van der Waals surface area (Å²) in [6, 6.07) is 0. The highest BCUT2D eigenvalue weighted by Crippen LogP contribution is 2.18. The summed E-state index contributed by atoms with van der Waals surface area (Å²) in [5, 5.41) is 5.86. The molecule has 0 aliphatic rings. The number of guanidine groups is 1. The Labute approximate surface area is 109 Å². The summed E-state index contributed by atoms with van der Waals surface area (Å²) in [6.07, 6.45) is 0.0795. The summed E-state index contributed by atoms with van der Waals surface area (Å²) in [4.78, 5) is 7.76. The zero-order chi connectivity index (χ0) is 14.1. The van der Waals surface area contributed by atoms with E-state index in [4.69, 9.17) is 0 Å². The third-order valence-corrected chi connectivity index (χ3v) is 2.23. The second-order valence-electron chi connectivity index (χ2n) is 3.85. The van der Waals surface area contributed by atoms with Crippen molar-refractivity contribution in [2.75, 3.05) is 19.6 Å². The standard InChI is InChI=1S/C11H18F3N5/c1-2-16-10(17-4-3-11(12,13)14)18-6-8-19-7-5-15-9-19/h5,7,9H,2-4,6,8H2,1H3,(H2,16,17,18). The monoisotopic (exact) mass is 277 g/mol. The van der Waals surface area contributed by atoms with Crippen molar-refractivity contribution in [3.63, 3.8) is 0 Å². The third kappa shape index (κ3) is 7.32. The largest absolute Gasteiger partial charge is 0.390 e. The predicted molar refractivity (Wildman–Crippen MR) is 66.9 cm³/mol. The van der Waals surface area contributed by atoms with Crippen LogP contribution in [-0.2, 0) is 6.54 Å². The molecule has 108 valence electrons. The number of halogens is 3. The average molecular weight is 277 g/mol. The first kappa shape index (κ1) is 15.3. The summed E-state index contributed by atoms with van der Waals surface area (Å²) >= 11 is 0. The molecule has 8 heteroatoms. The summed E-state index contributed by atoms with van der Waals surface area (Å²) in [5.41, 5.74) is 0. The van der Waals surface area contributed by atoms with Crippen molar-refractivity contribution in [3.8, 4) is 0 Å². The number of aliphatic imine (C=N–C) groups is 1. The molecule has 0 unspecified atom stereocenters. The van der Waals surface area contributed by atoms with Gasteiger partial charge in [0.25, 0.3) is 0 Å². The summed E-state index contributed by atoms with van der Waals surface area (Å²) < 4.78 is 37.9. The molecule has 0 amide bonds. The second-order valence-corrected chi connectivity index (χ2v) is 3.85. The Morgan fingerprint density at radius 2 is 2.16 bits per heavy atom. The highest BCUT2D eigenvalue weighted by Gasteiger charge is 2.26. The van der Waals surface area contributed by atoms with E-state index in [9.17, 15) is 13.2 Å². The van der Waals surface area contributed by atoms with Crippen LogP contribution in [0, 0.1) is 0 Å². The summed E-state index contributed by atoms with van der Waals surface area (Å²) in [5.74, 6) is 0.395. The Hall–Kier alpha value is -1.73. The van der Waals surface area contributed by atoms with Crippen LogP contribution >= 0.6 is 0 Å². The molecule has 5 nitrogen and oxygen atoms in total. The van der Waals surface area contributed by atoms with Gasteiger partial charge in [0.15, 0.2) is 5.96 Å². The molecule has 0 saturated carbocycles. The average Bonchev–Trinajstić information content (AvgIpc) is 2.80. The molecule has 2 N–H and O–H groups in total. The van der Waals surface area contributed by atoms with Crippen LogP contribution in [0.2, 0.25) is 0 Å². The number of alkyl halides is 3. The van der Waals surface area contributed by atoms with E-state index in [1.54, 1.807) is 12.5 Å². The molecule has 0 aromatic carbocycles. The summed E-state index contributed by atoms with van der Waals surface area (Å²) in [7, 11) is 0. The van der Waals surface area contributed by atoms with Gasteiger partial charge in [-0.3, -0.25) is 4.99 Å².